The van der Waals surface area contributed by atoms with Crippen LogP contribution in [0.3, 0.4) is 0 Å². The highest BCUT2D eigenvalue weighted by molar-refractivity contribution is 5.78. The molecule has 0 saturated heterocycles. The lowest BCUT2D eigenvalue weighted by Gasteiger charge is -2.02. The Bertz CT molecular complexity index is 292. The number of Topliss-reactive ketones (excluding diaryl/α,β-unsaturated/α-hetero) is 1. The quantitative estimate of drug-likeness (QED) is 0.704. The second-order valence-electron chi connectivity index (χ2n) is 3.13. The number of carbonyl (C=O) groups excluding carboxylic acids is 1. The third kappa shape index (κ3) is 3.38. The van der Waals surface area contributed by atoms with Gasteiger partial charge in [0.2, 0.25) is 0 Å². The summed E-state index contributed by atoms with van der Waals surface area (Å²) in [6.07, 6.45) is 0.511. The van der Waals surface area contributed by atoms with E-state index in [2.05, 4.69) is 0 Å². The maximum absolute atomic E-state index is 10.9. The van der Waals surface area contributed by atoms with Crippen molar-refractivity contribution in [1.29, 1.82) is 0 Å². The molecule has 70 valence electrons. The third-order valence-electron chi connectivity index (χ3n) is 1.76. The summed E-state index contributed by atoms with van der Waals surface area (Å²) < 4.78 is 5.00. The van der Waals surface area contributed by atoms with Gasteiger partial charge < -0.3 is 4.74 Å². The van der Waals surface area contributed by atoms with Crippen molar-refractivity contribution < 1.29 is 9.53 Å². The summed E-state index contributed by atoms with van der Waals surface area (Å²) in [5.74, 6) is 0.189. The van der Waals surface area contributed by atoms with Crippen LogP contribution in [-0.4, -0.2) is 12.9 Å². The summed E-state index contributed by atoms with van der Waals surface area (Å²) in [6.45, 7) is 2.20. The number of rotatable bonds is 4. The van der Waals surface area contributed by atoms with Gasteiger partial charge in [-0.3, -0.25) is 4.79 Å². The molecular formula is C11H14O2. The monoisotopic (exact) mass is 178 g/mol. The van der Waals surface area contributed by atoms with Gasteiger partial charge in [-0.1, -0.05) is 24.3 Å². The molecule has 0 radical (unpaired) electrons. The zero-order valence-corrected chi connectivity index (χ0v) is 8.04. The molecule has 0 aliphatic rings. The van der Waals surface area contributed by atoms with Crippen LogP contribution < -0.4 is 0 Å². The Morgan fingerprint density at radius 3 is 2.69 bits per heavy atom. The summed E-state index contributed by atoms with van der Waals surface area (Å²) in [7, 11) is 1.66. The smallest absolute Gasteiger partial charge is 0.134 e. The zero-order chi connectivity index (χ0) is 9.68. The van der Waals surface area contributed by atoms with Crippen LogP contribution in [-0.2, 0) is 22.6 Å². The van der Waals surface area contributed by atoms with Gasteiger partial charge in [0, 0.05) is 13.5 Å². The van der Waals surface area contributed by atoms with Crippen LogP contribution in [0, 0.1) is 0 Å². The molecule has 0 spiro atoms. The highest BCUT2D eigenvalue weighted by Crippen LogP contribution is 2.07. The first-order valence-corrected chi connectivity index (χ1v) is 4.28. The van der Waals surface area contributed by atoms with Crippen molar-refractivity contribution in [2.45, 2.75) is 20.0 Å². The van der Waals surface area contributed by atoms with Gasteiger partial charge in [-0.25, -0.2) is 0 Å². The summed E-state index contributed by atoms with van der Waals surface area (Å²) >= 11 is 0. The van der Waals surface area contributed by atoms with Crippen molar-refractivity contribution in [2.24, 2.45) is 0 Å². The molecule has 0 N–H and O–H groups in total. The minimum Gasteiger partial charge on any atom is -0.380 e. The highest BCUT2D eigenvalue weighted by atomic mass is 16.5. The van der Waals surface area contributed by atoms with Gasteiger partial charge in [0.1, 0.15) is 5.78 Å². The van der Waals surface area contributed by atoms with Gasteiger partial charge in [0.05, 0.1) is 6.61 Å². The fraction of sp³-hybridized carbons (Fsp3) is 0.364. The molecule has 0 atom stereocenters. The standard InChI is InChI=1S/C11H14O2/c1-9(12)6-10-4-3-5-11(7-10)8-13-2/h3-5,7H,6,8H2,1-2H3. The van der Waals surface area contributed by atoms with Crippen LogP contribution in [0.15, 0.2) is 24.3 Å². The minimum absolute atomic E-state index is 0.189. The number of ketones is 1. The molecule has 0 heterocycles. The highest BCUT2D eigenvalue weighted by Gasteiger charge is 1.98. The Morgan fingerprint density at radius 1 is 1.38 bits per heavy atom. The molecule has 1 aromatic carbocycles. The first-order chi connectivity index (χ1) is 6.22. The summed E-state index contributed by atoms with van der Waals surface area (Å²) in [6, 6.07) is 7.91. The lowest BCUT2D eigenvalue weighted by atomic mass is 10.1. The van der Waals surface area contributed by atoms with E-state index in [0.29, 0.717) is 13.0 Å². The third-order valence-corrected chi connectivity index (χ3v) is 1.76. The van der Waals surface area contributed by atoms with E-state index in [1.165, 1.54) is 0 Å². The SMILES string of the molecule is COCc1cccc(CC(C)=O)c1. The molecular weight excluding hydrogens is 164 g/mol. The fourth-order valence-corrected chi connectivity index (χ4v) is 1.28. The number of ether oxygens (including phenoxy) is 1. The second-order valence-corrected chi connectivity index (χ2v) is 3.13. The molecule has 13 heavy (non-hydrogen) atoms. The number of hydrogen-bond acceptors (Lipinski definition) is 2. The Kier molecular flexibility index (Phi) is 3.65. The second kappa shape index (κ2) is 4.77. The molecule has 1 rings (SSSR count). The van der Waals surface area contributed by atoms with Gasteiger partial charge in [0.15, 0.2) is 0 Å². The summed E-state index contributed by atoms with van der Waals surface area (Å²) in [5, 5.41) is 0. The predicted molar refractivity (Wildman–Crippen MR) is 51.5 cm³/mol. The average molecular weight is 178 g/mol. The van der Waals surface area contributed by atoms with Crippen LogP contribution in [0.4, 0.5) is 0 Å². The maximum Gasteiger partial charge on any atom is 0.134 e. The molecule has 2 heteroatoms. The van der Waals surface area contributed by atoms with E-state index in [9.17, 15) is 4.79 Å². The fourth-order valence-electron chi connectivity index (χ4n) is 1.28. The Hall–Kier alpha value is -1.15. The topological polar surface area (TPSA) is 26.3 Å². The molecule has 0 aromatic heterocycles. The first-order valence-electron chi connectivity index (χ1n) is 4.28. The van der Waals surface area contributed by atoms with Gasteiger partial charge in [-0.05, 0) is 18.1 Å². The van der Waals surface area contributed by atoms with E-state index in [-0.39, 0.29) is 5.78 Å². The van der Waals surface area contributed by atoms with Gasteiger partial charge in [-0.2, -0.15) is 0 Å². The Morgan fingerprint density at radius 2 is 2.08 bits per heavy atom. The molecule has 0 aliphatic heterocycles. The number of benzene rings is 1. The van der Waals surface area contributed by atoms with Crippen molar-refractivity contribution >= 4 is 5.78 Å². The van der Waals surface area contributed by atoms with Gasteiger partial charge in [0.25, 0.3) is 0 Å². The van der Waals surface area contributed by atoms with E-state index in [1.54, 1.807) is 14.0 Å². The Labute approximate surface area is 78.5 Å². The van der Waals surface area contributed by atoms with Crippen LogP contribution in [0.1, 0.15) is 18.1 Å². The van der Waals surface area contributed by atoms with Crippen molar-refractivity contribution in [3.63, 3.8) is 0 Å². The largest absolute Gasteiger partial charge is 0.380 e. The van der Waals surface area contributed by atoms with Crippen LogP contribution in [0.2, 0.25) is 0 Å². The van der Waals surface area contributed by atoms with E-state index >= 15 is 0 Å². The van der Waals surface area contributed by atoms with Crippen molar-refractivity contribution in [3.05, 3.63) is 35.4 Å². The molecule has 0 bridgehead atoms. The number of carbonyl (C=O) groups is 1. The summed E-state index contributed by atoms with van der Waals surface area (Å²) in [4.78, 5) is 10.9. The minimum atomic E-state index is 0.189. The molecule has 0 unspecified atom stereocenters. The molecule has 0 fully saturated rings. The number of hydrogen-bond donors (Lipinski definition) is 0. The van der Waals surface area contributed by atoms with Crippen LogP contribution in [0.5, 0.6) is 0 Å². The molecule has 0 aliphatic carbocycles. The molecule has 0 amide bonds. The number of methoxy groups -OCH3 is 1. The summed E-state index contributed by atoms with van der Waals surface area (Å²) in [5.41, 5.74) is 2.17. The van der Waals surface area contributed by atoms with E-state index in [0.717, 1.165) is 11.1 Å². The van der Waals surface area contributed by atoms with Crippen molar-refractivity contribution in [2.75, 3.05) is 7.11 Å². The van der Waals surface area contributed by atoms with E-state index in [1.807, 2.05) is 24.3 Å². The first kappa shape index (κ1) is 9.93. The maximum atomic E-state index is 10.9. The van der Waals surface area contributed by atoms with Crippen molar-refractivity contribution in [3.8, 4) is 0 Å². The average Bonchev–Trinajstić information content (AvgIpc) is 2.04. The van der Waals surface area contributed by atoms with E-state index in [4.69, 9.17) is 4.74 Å². The Balaban J connectivity index is 2.73. The molecule has 2 nitrogen and oxygen atoms in total. The lowest BCUT2D eigenvalue weighted by Crippen LogP contribution is -1.97. The van der Waals surface area contributed by atoms with Gasteiger partial charge in [-0.15, -0.1) is 0 Å². The van der Waals surface area contributed by atoms with E-state index < -0.39 is 0 Å². The van der Waals surface area contributed by atoms with Crippen LogP contribution in [0.25, 0.3) is 0 Å². The lowest BCUT2D eigenvalue weighted by molar-refractivity contribution is -0.116. The van der Waals surface area contributed by atoms with Crippen LogP contribution >= 0.6 is 0 Å². The predicted octanol–water partition coefficient (Wildman–Crippen LogP) is 1.96. The zero-order valence-electron chi connectivity index (χ0n) is 8.04. The molecule has 0 saturated carbocycles. The normalized spacial score (nSPS) is 10.0. The molecule has 1 aromatic rings. The van der Waals surface area contributed by atoms with Crippen molar-refractivity contribution in [1.82, 2.24) is 0 Å². The van der Waals surface area contributed by atoms with Gasteiger partial charge >= 0.3 is 0 Å².